The van der Waals surface area contributed by atoms with Crippen LogP contribution in [0.2, 0.25) is 0 Å². The van der Waals surface area contributed by atoms with Crippen molar-refractivity contribution in [3.05, 3.63) is 59.7 Å². The minimum Gasteiger partial charge on any atom is -0.484 e. The fourth-order valence-electron chi connectivity index (χ4n) is 3.15. The molecule has 0 saturated carbocycles. The number of aryl methyl sites for hydroxylation is 1. The van der Waals surface area contributed by atoms with Crippen LogP contribution < -0.4 is 15.0 Å². The summed E-state index contributed by atoms with van der Waals surface area (Å²) in [6.45, 7) is 6.69. The highest BCUT2D eigenvalue weighted by Crippen LogP contribution is 2.22. The molecule has 0 radical (unpaired) electrons. The molecule has 2 aromatic carbocycles. The molecule has 1 aliphatic rings. The summed E-state index contributed by atoms with van der Waals surface area (Å²) >= 11 is 0. The fourth-order valence-corrected chi connectivity index (χ4v) is 3.15. The summed E-state index contributed by atoms with van der Waals surface area (Å²) in [5.74, 6) is 0.929. The van der Waals surface area contributed by atoms with E-state index in [2.05, 4.69) is 19.2 Å². The number of carbonyl (C=O) groups is 2. The maximum absolute atomic E-state index is 12.3. The minimum absolute atomic E-state index is 0.0225. The SMILES string of the molecule is Cc1ccc(N2C[C@@H](NC(=O)COc3ccc(C(C)C)cc3)CC2=O)cc1. The van der Waals surface area contributed by atoms with Gasteiger partial charge in [0.25, 0.3) is 5.91 Å². The van der Waals surface area contributed by atoms with Crippen molar-refractivity contribution in [1.82, 2.24) is 5.32 Å². The Kier molecular flexibility index (Phi) is 5.79. The number of amides is 2. The van der Waals surface area contributed by atoms with Crippen molar-refractivity contribution in [1.29, 1.82) is 0 Å². The highest BCUT2D eigenvalue weighted by molar-refractivity contribution is 5.96. The zero-order valence-electron chi connectivity index (χ0n) is 16.1. The molecule has 0 aliphatic carbocycles. The summed E-state index contributed by atoms with van der Waals surface area (Å²) in [5, 5.41) is 2.89. The third-order valence-electron chi connectivity index (χ3n) is 4.75. The normalized spacial score (nSPS) is 16.7. The first-order chi connectivity index (χ1) is 12.9. The highest BCUT2D eigenvalue weighted by Gasteiger charge is 2.31. The number of rotatable bonds is 6. The Bertz CT molecular complexity index is 797. The molecule has 1 aliphatic heterocycles. The minimum atomic E-state index is -0.216. The van der Waals surface area contributed by atoms with Gasteiger partial charge in [-0.25, -0.2) is 0 Å². The van der Waals surface area contributed by atoms with Crippen molar-refractivity contribution in [3.63, 3.8) is 0 Å². The summed E-state index contributed by atoms with van der Waals surface area (Å²) < 4.78 is 5.55. The summed E-state index contributed by atoms with van der Waals surface area (Å²) in [6, 6.07) is 15.4. The van der Waals surface area contributed by atoms with E-state index >= 15 is 0 Å². The van der Waals surface area contributed by atoms with Gasteiger partial charge < -0.3 is 15.0 Å². The molecule has 3 rings (SSSR count). The van der Waals surface area contributed by atoms with Gasteiger partial charge in [0, 0.05) is 18.7 Å². The second-order valence-electron chi connectivity index (χ2n) is 7.32. The maximum atomic E-state index is 12.3. The molecular weight excluding hydrogens is 340 g/mol. The number of hydrogen-bond donors (Lipinski definition) is 1. The molecule has 1 fully saturated rings. The van der Waals surface area contributed by atoms with Crippen LogP contribution >= 0.6 is 0 Å². The van der Waals surface area contributed by atoms with Gasteiger partial charge >= 0.3 is 0 Å². The lowest BCUT2D eigenvalue weighted by molar-refractivity contribution is -0.123. The van der Waals surface area contributed by atoms with Gasteiger partial charge in [0.1, 0.15) is 5.75 Å². The quantitative estimate of drug-likeness (QED) is 0.852. The molecule has 0 aromatic heterocycles. The van der Waals surface area contributed by atoms with Gasteiger partial charge in [0.2, 0.25) is 5.91 Å². The smallest absolute Gasteiger partial charge is 0.258 e. The van der Waals surface area contributed by atoms with Crippen LogP contribution in [0.5, 0.6) is 5.75 Å². The van der Waals surface area contributed by atoms with E-state index in [1.807, 2.05) is 55.5 Å². The average Bonchev–Trinajstić information content (AvgIpc) is 3.01. The second-order valence-corrected chi connectivity index (χ2v) is 7.32. The van der Waals surface area contributed by atoms with E-state index in [9.17, 15) is 9.59 Å². The Morgan fingerprint density at radius 3 is 2.44 bits per heavy atom. The summed E-state index contributed by atoms with van der Waals surface area (Å²) in [4.78, 5) is 26.2. The molecule has 1 saturated heterocycles. The number of ether oxygens (including phenoxy) is 1. The Hall–Kier alpha value is -2.82. The molecule has 27 heavy (non-hydrogen) atoms. The number of benzene rings is 2. The van der Waals surface area contributed by atoms with Gasteiger partial charge in [-0.3, -0.25) is 9.59 Å². The predicted molar refractivity (Wildman–Crippen MR) is 106 cm³/mol. The monoisotopic (exact) mass is 366 g/mol. The second kappa shape index (κ2) is 8.25. The van der Waals surface area contributed by atoms with E-state index in [0.717, 1.165) is 11.3 Å². The number of nitrogens with zero attached hydrogens (tertiary/aromatic N) is 1. The number of nitrogens with one attached hydrogen (secondary N) is 1. The van der Waals surface area contributed by atoms with Crippen molar-refractivity contribution in [2.75, 3.05) is 18.1 Å². The van der Waals surface area contributed by atoms with Crippen LogP contribution in [0.1, 0.15) is 37.3 Å². The molecule has 0 bridgehead atoms. The number of anilines is 1. The van der Waals surface area contributed by atoms with Crippen LogP contribution in [0.25, 0.3) is 0 Å². The van der Waals surface area contributed by atoms with Crippen LogP contribution in [0, 0.1) is 6.92 Å². The summed E-state index contributed by atoms with van der Waals surface area (Å²) in [5.41, 5.74) is 3.24. The molecule has 0 spiro atoms. The topological polar surface area (TPSA) is 58.6 Å². The van der Waals surface area contributed by atoms with E-state index in [4.69, 9.17) is 4.74 Å². The zero-order chi connectivity index (χ0) is 19.4. The van der Waals surface area contributed by atoms with E-state index in [1.165, 1.54) is 5.56 Å². The number of carbonyl (C=O) groups excluding carboxylic acids is 2. The van der Waals surface area contributed by atoms with Gasteiger partial charge in [0.15, 0.2) is 6.61 Å². The summed E-state index contributed by atoms with van der Waals surface area (Å²) in [6.07, 6.45) is 0.308. The molecule has 2 aromatic rings. The largest absolute Gasteiger partial charge is 0.484 e. The van der Waals surface area contributed by atoms with Gasteiger partial charge in [0.05, 0.1) is 6.04 Å². The van der Waals surface area contributed by atoms with E-state index < -0.39 is 0 Å². The van der Waals surface area contributed by atoms with E-state index in [1.54, 1.807) is 4.90 Å². The fraction of sp³-hybridized carbons (Fsp3) is 0.364. The first-order valence-electron chi connectivity index (χ1n) is 9.31. The third kappa shape index (κ3) is 4.88. The molecule has 2 amide bonds. The highest BCUT2D eigenvalue weighted by atomic mass is 16.5. The van der Waals surface area contributed by atoms with Crippen molar-refractivity contribution in [3.8, 4) is 5.75 Å². The van der Waals surface area contributed by atoms with Crippen LogP contribution in [0.3, 0.4) is 0 Å². The molecule has 0 unspecified atom stereocenters. The van der Waals surface area contributed by atoms with Crippen LogP contribution in [0.15, 0.2) is 48.5 Å². The van der Waals surface area contributed by atoms with Gasteiger partial charge in [-0.2, -0.15) is 0 Å². The van der Waals surface area contributed by atoms with E-state index in [-0.39, 0.29) is 24.5 Å². The maximum Gasteiger partial charge on any atom is 0.258 e. The lowest BCUT2D eigenvalue weighted by Gasteiger charge is -2.17. The Morgan fingerprint density at radius 2 is 1.81 bits per heavy atom. The first-order valence-corrected chi connectivity index (χ1v) is 9.31. The van der Waals surface area contributed by atoms with Crippen molar-refractivity contribution < 1.29 is 14.3 Å². The molecule has 5 heteroatoms. The van der Waals surface area contributed by atoms with Crippen molar-refractivity contribution in [2.45, 2.75) is 39.2 Å². The van der Waals surface area contributed by atoms with Gasteiger partial charge in [-0.05, 0) is 42.7 Å². The standard InChI is InChI=1S/C22H26N2O3/c1-15(2)17-6-10-20(11-7-17)27-14-21(25)23-18-12-22(26)24(13-18)19-8-4-16(3)5-9-19/h4-11,15,18H,12-14H2,1-3H3,(H,23,25)/t18-/m0/s1. The molecule has 1 heterocycles. The van der Waals surface area contributed by atoms with Crippen molar-refractivity contribution in [2.24, 2.45) is 0 Å². The molecular formula is C22H26N2O3. The number of hydrogen-bond acceptors (Lipinski definition) is 3. The molecule has 142 valence electrons. The average molecular weight is 366 g/mol. The van der Waals surface area contributed by atoms with Gasteiger partial charge in [-0.15, -0.1) is 0 Å². The van der Waals surface area contributed by atoms with Crippen LogP contribution in [0.4, 0.5) is 5.69 Å². The summed E-state index contributed by atoms with van der Waals surface area (Å²) in [7, 11) is 0. The Balaban J connectivity index is 1.49. The van der Waals surface area contributed by atoms with Crippen molar-refractivity contribution >= 4 is 17.5 Å². The Morgan fingerprint density at radius 1 is 1.15 bits per heavy atom. The van der Waals surface area contributed by atoms with Crippen LogP contribution in [-0.2, 0) is 9.59 Å². The zero-order valence-corrected chi connectivity index (χ0v) is 16.1. The Labute approximate surface area is 160 Å². The molecule has 1 atom stereocenters. The van der Waals surface area contributed by atoms with Crippen LogP contribution in [-0.4, -0.2) is 31.0 Å². The lowest BCUT2D eigenvalue weighted by atomic mass is 10.0. The third-order valence-corrected chi connectivity index (χ3v) is 4.75. The predicted octanol–water partition coefficient (Wildman–Crippen LogP) is 3.42. The molecule has 5 nitrogen and oxygen atoms in total. The first kappa shape index (κ1) is 19.0. The molecule has 1 N–H and O–H groups in total. The lowest BCUT2D eigenvalue weighted by Crippen LogP contribution is -2.39. The van der Waals surface area contributed by atoms with E-state index in [0.29, 0.717) is 24.6 Å². The van der Waals surface area contributed by atoms with Gasteiger partial charge in [-0.1, -0.05) is 43.7 Å².